The van der Waals surface area contributed by atoms with Gasteiger partial charge in [0.1, 0.15) is 0 Å². The molecule has 1 fully saturated rings. The highest BCUT2D eigenvalue weighted by Gasteiger charge is 2.24. The number of benzene rings is 1. The van der Waals surface area contributed by atoms with E-state index in [1.54, 1.807) is 7.05 Å². The van der Waals surface area contributed by atoms with E-state index in [1.165, 1.54) is 11.0 Å². The second kappa shape index (κ2) is 7.43. The largest absolute Gasteiger partial charge is 0.369 e. The first-order valence-electron chi connectivity index (χ1n) is 8.30. The van der Waals surface area contributed by atoms with Crippen molar-refractivity contribution in [2.24, 2.45) is 18.7 Å². The number of primary amides is 1. The van der Waals surface area contributed by atoms with Crippen LogP contribution in [0.1, 0.15) is 28.9 Å². The highest BCUT2D eigenvalue weighted by Crippen LogP contribution is 2.22. The molecule has 0 aliphatic carbocycles. The number of carbonyl (C=O) groups is 2. The zero-order valence-electron chi connectivity index (χ0n) is 14.2. The summed E-state index contributed by atoms with van der Waals surface area (Å²) in [5, 5.41) is 10.8. The van der Waals surface area contributed by atoms with Crippen LogP contribution < -0.4 is 11.1 Å². The summed E-state index contributed by atoms with van der Waals surface area (Å²) in [6.07, 6.45) is 3.22. The lowest BCUT2D eigenvalue weighted by molar-refractivity contribution is -0.123. The second-order valence-electron chi connectivity index (χ2n) is 6.31. The van der Waals surface area contributed by atoms with Crippen LogP contribution in [-0.2, 0) is 18.4 Å². The Morgan fingerprint density at radius 3 is 2.88 bits per heavy atom. The molecule has 0 saturated carbocycles. The van der Waals surface area contributed by atoms with Crippen molar-refractivity contribution in [2.45, 2.75) is 19.4 Å². The number of nitrogens with zero attached hydrogens (tertiary/aromatic N) is 4. The molecule has 1 aliphatic heterocycles. The predicted molar refractivity (Wildman–Crippen MR) is 92.6 cm³/mol. The summed E-state index contributed by atoms with van der Waals surface area (Å²) in [4.78, 5) is 27.3. The Morgan fingerprint density at radius 1 is 1.36 bits per heavy atom. The summed E-state index contributed by atoms with van der Waals surface area (Å²) in [6.45, 7) is 2.22. The molecule has 25 heavy (non-hydrogen) atoms. The van der Waals surface area contributed by atoms with Gasteiger partial charge in [-0.2, -0.15) is 9.90 Å². The zero-order valence-corrected chi connectivity index (χ0v) is 14.2. The predicted octanol–water partition coefficient (Wildman–Crippen LogP) is 0.765. The standard InChI is InChI=1S/C17H22N6O2/c1-22-19-9-15(21-22)17(25)20-14-7-3-2-5-12(14)10-23-8-4-6-13(11-23)16(18)24/h2-3,5,7,9,13H,4,6,8,10-11H2,1H3,(H2,18,24)(H,20,25). The SMILES string of the molecule is Cn1ncc(C(=O)Nc2ccccc2CN2CCCC(C(N)=O)C2)n1. The van der Waals surface area contributed by atoms with Crippen LogP contribution in [0.5, 0.6) is 0 Å². The minimum absolute atomic E-state index is 0.102. The van der Waals surface area contributed by atoms with Crippen LogP contribution in [0.25, 0.3) is 0 Å². The fourth-order valence-corrected chi connectivity index (χ4v) is 3.09. The average molecular weight is 342 g/mol. The summed E-state index contributed by atoms with van der Waals surface area (Å²) >= 11 is 0. The Labute approximate surface area is 146 Å². The number of piperidine rings is 1. The van der Waals surface area contributed by atoms with E-state index in [0.29, 0.717) is 13.1 Å². The molecule has 3 rings (SSSR count). The fourth-order valence-electron chi connectivity index (χ4n) is 3.09. The van der Waals surface area contributed by atoms with Gasteiger partial charge in [0.15, 0.2) is 5.69 Å². The Balaban J connectivity index is 1.70. The Hall–Kier alpha value is -2.74. The van der Waals surface area contributed by atoms with E-state index in [9.17, 15) is 9.59 Å². The molecule has 2 amide bonds. The van der Waals surface area contributed by atoms with Crippen LogP contribution in [0.3, 0.4) is 0 Å². The number of likely N-dealkylation sites (tertiary alicyclic amines) is 1. The molecule has 132 valence electrons. The van der Waals surface area contributed by atoms with Crippen LogP contribution in [0.4, 0.5) is 5.69 Å². The van der Waals surface area contributed by atoms with Gasteiger partial charge < -0.3 is 11.1 Å². The molecule has 1 atom stereocenters. The lowest BCUT2D eigenvalue weighted by Crippen LogP contribution is -2.40. The summed E-state index contributed by atoms with van der Waals surface area (Å²) in [5.74, 6) is -0.641. The maximum atomic E-state index is 12.3. The van der Waals surface area contributed by atoms with Gasteiger partial charge in [-0.3, -0.25) is 14.5 Å². The number of rotatable bonds is 5. The number of nitrogens with one attached hydrogen (secondary N) is 1. The van der Waals surface area contributed by atoms with Crippen molar-refractivity contribution in [3.8, 4) is 0 Å². The smallest absolute Gasteiger partial charge is 0.277 e. The molecular formula is C17H22N6O2. The van der Waals surface area contributed by atoms with Gasteiger partial charge in [-0.1, -0.05) is 18.2 Å². The zero-order chi connectivity index (χ0) is 17.8. The van der Waals surface area contributed by atoms with E-state index in [2.05, 4.69) is 20.4 Å². The molecule has 0 spiro atoms. The third kappa shape index (κ3) is 4.21. The summed E-state index contributed by atoms with van der Waals surface area (Å²) in [5.41, 5.74) is 7.44. The van der Waals surface area contributed by atoms with Gasteiger partial charge in [0, 0.05) is 25.8 Å². The van der Waals surface area contributed by atoms with Gasteiger partial charge in [-0.25, -0.2) is 0 Å². The van der Waals surface area contributed by atoms with Gasteiger partial charge in [-0.15, -0.1) is 5.10 Å². The number of amides is 2. The number of para-hydroxylation sites is 1. The number of aryl methyl sites for hydroxylation is 1. The third-order valence-electron chi connectivity index (χ3n) is 4.40. The maximum Gasteiger partial charge on any atom is 0.277 e. The normalized spacial score (nSPS) is 18.0. The number of hydrogen-bond donors (Lipinski definition) is 2. The number of carbonyl (C=O) groups excluding carboxylic acids is 2. The lowest BCUT2D eigenvalue weighted by atomic mass is 9.97. The number of nitrogens with two attached hydrogens (primary N) is 1. The molecule has 1 saturated heterocycles. The van der Waals surface area contributed by atoms with Crippen molar-refractivity contribution in [3.05, 3.63) is 41.7 Å². The molecule has 1 aromatic heterocycles. The van der Waals surface area contributed by atoms with Gasteiger partial charge in [0.05, 0.1) is 12.1 Å². The molecule has 0 radical (unpaired) electrons. The van der Waals surface area contributed by atoms with Crippen molar-refractivity contribution >= 4 is 17.5 Å². The van der Waals surface area contributed by atoms with E-state index < -0.39 is 0 Å². The van der Waals surface area contributed by atoms with Gasteiger partial charge in [-0.05, 0) is 31.0 Å². The topological polar surface area (TPSA) is 106 Å². The van der Waals surface area contributed by atoms with Crippen molar-refractivity contribution < 1.29 is 9.59 Å². The van der Waals surface area contributed by atoms with E-state index in [-0.39, 0.29) is 23.4 Å². The van der Waals surface area contributed by atoms with Crippen molar-refractivity contribution in [2.75, 3.05) is 18.4 Å². The fraction of sp³-hybridized carbons (Fsp3) is 0.412. The van der Waals surface area contributed by atoms with Gasteiger partial charge in [0.25, 0.3) is 5.91 Å². The molecule has 0 bridgehead atoms. The molecule has 3 N–H and O–H groups in total. The van der Waals surface area contributed by atoms with E-state index in [1.807, 2.05) is 24.3 Å². The van der Waals surface area contributed by atoms with Crippen molar-refractivity contribution in [3.63, 3.8) is 0 Å². The Kier molecular flexibility index (Phi) is 5.08. The van der Waals surface area contributed by atoms with Crippen molar-refractivity contribution in [1.29, 1.82) is 0 Å². The highest BCUT2D eigenvalue weighted by atomic mass is 16.2. The molecule has 2 heterocycles. The van der Waals surface area contributed by atoms with E-state index >= 15 is 0 Å². The first-order valence-corrected chi connectivity index (χ1v) is 8.30. The minimum atomic E-state index is -0.297. The van der Waals surface area contributed by atoms with Gasteiger partial charge in [0.2, 0.25) is 5.91 Å². The first kappa shape index (κ1) is 17.1. The van der Waals surface area contributed by atoms with E-state index in [0.717, 1.165) is 30.6 Å². The average Bonchev–Trinajstić information content (AvgIpc) is 3.03. The van der Waals surface area contributed by atoms with Crippen LogP contribution in [-0.4, -0.2) is 44.8 Å². The third-order valence-corrected chi connectivity index (χ3v) is 4.40. The summed E-state index contributed by atoms with van der Waals surface area (Å²) in [6, 6.07) is 7.64. The summed E-state index contributed by atoms with van der Waals surface area (Å²) < 4.78 is 0. The quantitative estimate of drug-likeness (QED) is 0.834. The van der Waals surface area contributed by atoms with Gasteiger partial charge >= 0.3 is 0 Å². The monoisotopic (exact) mass is 342 g/mol. The molecular weight excluding hydrogens is 320 g/mol. The maximum absolute atomic E-state index is 12.3. The van der Waals surface area contributed by atoms with Crippen LogP contribution in [0.15, 0.2) is 30.5 Å². The van der Waals surface area contributed by atoms with Crippen LogP contribution >= 0.6 is 0 Å². The molecule has 1 unspecified atom stereocenters. The number of hydrogen-bond acceptors (Lipinski definition) is 5. The molecule has 8 nitrogen and oxygen atoms in total. The van der Waals surface area contributed by atoms with Crippen molar-refractivity contribution in [1.82, 2.24) is 19.9 Å². The second-order valence-corrected chi connectivity index (χ2v) is 6.31. The number of aromatic nitrogens is 3. The molecule has 1 aliphatic rings. The van der Waals surface area contributed by atoms with E-state index in [4.69, 9.17) is 5.73 Å². The first-order chi connectivity index (χ1) is 12.0. The minimum Gasteiger partial charge on any atom is -0.369 e. The highest BCUT2D eigenvalue weighted by molar-refractivity contribution is 6.03. The van der Waals surface area contributed by atoms with Crippen LogP contribution in [0, 0.1) is 5.92 Å². The molecule has 8 heteroatoms. The molecule has 1 aromatic carbocycles. The lowest BCUT2D eigenvalue weighted by Gasteiger charge is -2.31. The Morgan fingerprint density at radius 2 is 2.16 bits per heavy atom. The number of anilines is 1. The Bertz CT molecular complexity index is 772. The molecule has 2 aromatic rings. The van der Waals surface area contributed by atoms with Crippen LogP contribution in [0.2, 0.25) is 0 Å². The summed E-state index contributed by atoms with van der Waals surface area (Å²) in [7, 11) is 1.66.